The molecule has 0 fully saturated rings. The van der Waals surface area contributed by atoms with Crippen molar-refractivity contribution in [2.24, 2.45) is 0 Å². The maximum Gasteiger partial charge on any atom is 0.336 e. The molecule has 2 aromatic carbocycles. The zero-order valence-electron chi connectivity index (χ0n) is 11.5. The molecule has 22 heavy (non-hydrogen) atoms. The van der Waals surface area contributed by atoms with Crippen LogP contribution in [0.2, 0.25) is 0 Å². The molecule has 3 aromatic rings. The quantitative estimate of drug-likeness (QED) is 0.724. The van der Waals surface area contributed by atoms with Gasteiger partial charge in [-0.1, -0.05) is 30.3 Å². The van der Waals surface area contributed by atoms with Gasteiger partial charge >= 0.3 is 5.97 Å². The minimum Gasteiger partial charge on any atom is -0.478 e. The molecule has 5 heteroatoms. The smallest absolute Gasteiger partial charge is 0.336 e. The van der Waals surface area contributed by atoms with Crippen molar-refractivity contribution in [3.63, 3.8) is 0 Å². The summed E-state index contributed by atoms with van der Waals surface area (Å²) in [6, 6.07) is 15.7. The molecule has 0 atom stereocenters. The predicted molar refractivity (Wildman–Crippen MR) is 83.8 cm³/mol. The summed E-state index contributed by atoms with van der Waals surface area (Å²) in [6.07, 6.45) is 0.593. The van der Waals surface area contributed by atoms with E-state index in [1.165, 1.54) is 0 Å². The Bertz CT molecular complexity index is 875. The van der Waals surface area contributed by atoms with E-state index in [1.807, 2.05) is 12.1 Å². The van der Waals surface area contributed by atoms with Crippen LogP contribution in [0.25, 0.3) is 22.2 Å². The number of hydrogen-bond acceptors (Lipinski definition) is 3. The summed E-state index contributed by atoms with van der Waals surface area (Å²) in [7, 11) is 0. The van der Waals surface area contributed by atoms with Crippen LogP contribution in [0.4, 0.5) is 5.69 Å². The van der Waals surface area contributed by atoms with E-state index in [9.17, 15) is 14.7 Å². The Morgan fingerprint density at radius 2 is 1.91 bits per heavy atom. The number of nitrogens with one attached hydrogen (secondary N) is 1. The third-order valence-electron chi connectivity index (χ3n) is 3.33. The van der Waals surface area contributed by atoms with Crippen LogP contribution in [0.5, 0.6) is 0 Å². The van der Waals surface area contributed by atoms with Crippen molar-refractivity contribution in [1.82, 2.24) is 4.98 Å². The van der Waals surface area contributed by atoms with Gasteiger partial charge < -0.3 is 10.4 Å². The van der Waals surface area contributed by atoms with Crippen LogP contribution in [0.1, 0.15) is 10.4 Å². The van der Waals surface area contributed by atoms with Crippen molar-refractivity contribution in [1.29, 1.82) is 0 Å². The molecular weight excluding hydrogens is 280 g/mol. The van der Waals surface area contributed by atoms with E-state index >= 15 is 0 Å². The third kappa shape index (κ3) is 2.52. The summed E-state index contributed by atoms with van der Waals surface area (Å²) in [4.78, 5) is 26.5. The maximum atomic E-state index is 11.5. The molecular formula is C17H12N2O3. The van der Waals surface area contributed by atoms with Gasteiger partial charge in [0.05, 0.1) is 16.8 Å². The average molecular weight is 292 g/mol. The molecule has 3 rings (SSSR count). The van der Waals surface area contributed by atoms with E-state index in [1.54, 1.807) is 42.5 Å². The topological polar surface area (TPSA) is 79.3 Å². The first kappa shape index (κ1) is 13.8. The second-order valence-electron chi connectivity index (χ2n) is 4.72. The van der Waals surface area contributed by atoms with E-state index in [2.05, 4.69) is 10.3 Å². The number of carboxylic acids is 1. The Balaban J connectivity index is 2.21. The van der Waals surface area contributed by atoms with Gasteiger partial charge in [0, 0.05) is 16.6 Å². The Kier molecular flexibility index (Phi) is 3.53. The van der Waals surface area contributed by atoms with Crippen LogP contribution < -0.4 is 5.32 Å². The SMILES string of the molecule is O=CNc1cccc(-c2cc(C(=O)O)c3ccccc3n2)c1. The number of fused-ring (bicyclic) bond motifs is 1. The number of aromatic nitrogens is 1. The van der Waals surface area contributed by atoms with Crippen molar-refractivity contribution < 1.29 is 14.7 Å². The molecule has 0 saturated carbocycles. The molecule has 0 aliphatic heterocycles. The van der Waals surface area contributed by atoms with E-state index in [0.717, 1.165) is 5.56 Å². The molecule has 0 aliphatic rings. The van der Waals surface area contributed by atoms with Crippen LogP contribution >= 0.6 is 0 Å². The van der Waals surface area contributed by atoms with E-state index < -0.39 is 5.97 Å². The summed E-state index contributed by atoms with van der Waals surface area (Å²) in [5, 5.41) is 12.6. The number of pyridine rings is 1. The van der Waals surface area contributed by atoms with Gasteiger partial charge in [-0.2, -0.15) is 0 Å². The monoisotopic (exact) mass is 292 g/mol. The van der Waals surface area contributed by atoms with Gasteiger partial charge in [-0.05, 0) is 24.3 Å². The van der Waals surface area contributed by atoms with Crippen molar-refractivity contribution in [3.8, 4) is 11.3 Å². The zero-order chi connectivity index (χ0) is 15.5. The number of para-hydroxylation sites is 1. The van der Waals surface area contributed by atoms with Crippen molar-refractivity contribution >= 4 is 29.0 Å². The lowest BCUT2D eigenvalue weighted by molar-refractivity contribution is -0.105. The number of carbonyl (C=O) groups excluding carboxylic acids is 1. The number of carbonyl (C=O) groups is 2. The number of aromatic carboxylic acids is 1. The summed E-state index contributed by atoms with van der Waals surface area (Å²) in [5.41, 5.74) is 2.73. The number of carboxylic acid groups (broad SMARTS) is 1. The fourth-order valence-corrected chi connectivity index (χ4v) is 2.34. The molecule has 0 radical (unpaired) electrons. The van der Waals surface area contributed by atoms with Gasteiger partial charge in [-0.15, -0.1) is 0 Å². The summed E-state index contributed by atoms with van der Waals surface area (Å²) < 4.78 is 0. The molecule has 108 valence electrons. The Morgan fingerprint density at radius 1 is 1.09 bits per heavy atom. The number of nitrogens with zero attached hydrogens (tertiary/aromatic N) is 1. The second kappa shape index (κ2) is 5.65. The standard InChI is InChI=1S/C17H12N2O3/c20-10-18-12-5-3-4-11(8-12)16-9-14(17(21)22)13-6-1-2-7-15(13)19-16/h1-10H,(H,18,20)(H,21,22). The van der Waals surface area contributed by atoms with E-state index in [0.29, 0.717) is 28.7 Å². The van der Waals surface area contributed by atoms with Crippen LogP contribution in [-0.4, -0.2) is 22.5 Å². The molecule has 0 aliphatic carbocycles. The van der Waals surface area contributed by atoms with Crippen molar-refractivity contribution in [2.75, 3.05) is 5.32 Å². The summed E-state index contributed by atoms with van der Waals surface area (Å²) in [6.45, 7) is 0. The Hall–Kier alpha value is -3.21. The molecule has 5 nitrogen and oxygen atoms in total. The van der Waals surface area contributed by atoms with Gasteiger partial charge in [0.15, 0.2) is 0 Å². The predicted octanol–water partition coefficient (Wildman–Crippen LogP) is 3.17. The molecule has 0 bridgehead atoms. The lowest BCUT2D eigenvalue weighted by Gasteiger charge is -2.08. The highest BCUT2D eigenvalue weighted by atomic mass is 16.4. The number of rotatable bonds is 4. The first-order valence-electron chi connectivity index (χ1n) is 6.63. The minimum atomic E-state index is -0.998. The average Bonchev–Trinajstić information content (AvgIpc) is 2.54. The summed E-state index contributed by atoms with van der Waals surface area (Å²) >= 11 is 0. The number of benzene rings is 2. The van der Waals surface area contributed by atoms with Gasteiger partial charge in [0.2, 0.25) is 6.41 Å². The largest absolute Gasteiger partial charge is 0.478 e. The fraction of sp³-hybridized carbons (Fsp3) is 0. The highest BCUT2D eigenvalue weighted by molar-refractivity contribution is 6.03. The molecule has 0 unspecified atom stereocenters. The van der Waals surface area contributed by atoms with E-state index in [-0.39, 0.29) is 5.56 Å². The Labute approximate surface area is 126 Å². The van der Waals surface area contributed by atoms with Gasteiger partial charge in [-0.3, -0.25) is 4.79 Å². The molecule has 0 spiro atoms. The highest BCUT2D eigenvalue weighted by Gasteiger charge is 2.12. The molecule has 1 aromatic heterocycles. The van der Waals surface area contributed by atoms with Gasteiger partial charge in [0.25, 0.3) is 0 Å². The third-order valence-corrected chi connectivity index (χ3v) is 3.33. The van der Waals surface area contributed by atoms with Crippen LogP contribution in [0.15, 0.2) is 54.6 Å². The van der Waals surface area contributed by atoms with Gasteiger partial charge in [-0.25, -0.2) is 9.78 Å². The van der Waals surface area contributed by atoms with E-state index in [4.69, 9.17) is 0 Å². The number of hydrogen-bond donors (Lipinski definition) is 2. The zero-order valence-corrected chi connectivity index (χ0v) is 11.5. The fourth-order valence-electron chi connectivity index (χ4n) is 2.34. The van der Waals surface area contributed by atoms with Gasteiger partial charge in [0.1, 0.15) is 0 Å². The minimum absolute atomic E-state index is 0.203. The van der Waals surface area contributed by atoms with Crippen molar-refractivity contribution in [2.45, 2.75) is 0 Å². The Morgan fingerprint density at radius 3 is 2.68 bits per heavy atom. The molecule has 1 amide bonds. The molecule has 2 N–H and O–H groups in total. The molecule has 1 heterocycles. The first-order valence-corrected chi connectivity index (χ1v) is 6.63. The second-order valence-corrected chi connectivity index (χ2v) is 4.72. The maximum absolute atomic E-state index is 11.5. The van der Waals surface area contributed by atoms with Crippen LogP contribution in [0.3, 0.4) is 0 Å². The lowest BCUT2D eigenvalue weighted by Crippen LogP contribution is -2.00. The lowest BCUT2D eigenvalue weighted by atomic mass is 10.0. The highest BCUT2D eigenvalue weighted by Crippen LogP contribution is 2.26. The summed E-state index contributed by atoms with van der Waals surface area (Å²) in [5.74, 6) is -0.998. The van der Waals surface area contributed by atoms with Crippen molar-refractivity contribution in [3.05, 3.63) is 60.2 Å². The molecule has 0 saturated heterocycles. The number of anilines is 1. The van der Waals surface area contributed by atoms with Crippen LogP contribution in [0, 0.1) is 0 Å². The normalized spacial score (nSPS) is 10.4. The first-order chi connectivity index (χ1) is 10.7. The number of amides is 1. The van der Waals surface area contributed by atoms with Crippen LogP contribution in [-0.2, 0) is 4.79 Å².